The highest BCUT2D eigenvalue weighted by atomic mass is 79.9. The topological polar surface area (TPSA) is 73.2 Å². The Labute approximate surface area is 133 Å². The predicted molar refractivity (Wildman–Crippen MR) is 84.6 cm³/mol. The number of halogens is 1. The SMILES string of the molecule is COC(=O)Cn1ncc(NCc2ccc(C)s2)c(Br)c1=O. The molecule has 6 nitrogen and oxygen atoms in total. The molecular formula is C13H14BrN3O3S. The van der Waals surface area contributed by atoms with Gasteiger partial charge in [0.25, 0.3) is 5.56 Å². The second kappa shape index (κ2) is 6.86. The van der Waals surface area contributed by atoms with Crippen LogP contribution in [0.1, 0.15) is 9.75 Å². The molecule has 0 radical (unpaired) electrons. The van der Waals surface area contributed by atoms with Crippen molar-refractivity contribution in [3.8, 4) is 0 Å². The average molecular weight is 372 g/mol. The molecule has 21 heavy (non-hydrogen) atoms. The summed E-state index contributed by atoms with van der Waals surface area (Å²) in [7, 11) is 1.27. The Morgan fingerprint density at radius 2 is 2.29 bits per heavy atom. The normalized spacial score (nSPS) is 10.4. The molecule has 8 heteroatoms. The van der Waals surface area contributed by atoms with Crippen molar-refractivity contribution >= 4 is 38.9 Å². The maximum absolute atomic E-state index is 12.1. The number of esters is 1. The van der Waals surface area contributed by atoms with E-state index in [0.717, 1.165) is 9.56 Å². The van der Waals surface area contributed by atoms with Gasteiger partial charge in [0.15, 0.2) is 0 Å². The molecule has 0 aliphatic carbocycles. The molecular weight excluding hydrogens is 358 g/mol. The lowest BCUT2D eigenvalue weighted by molar-refractivity contribution is -0.141. The molecule has 0 saturated heterocycles. The Bertz CT molecular complexity index is 711. The number of hydrogen-bond donors (Lipinski definition) is 1. The van der Waals surface area contributed by atoms with Crippen LogP contribution in [0.25, 0.3) is 0 Å². The molecule has 2 aromatic heterocycles. The fourth-order valence-electron chi connectivity index (χ4n) is 1.65. The lowest BCUT2D eigenvalue weighted by atomic mass is 10.4. The van der Waals surface area contributed by atoms with Crippen molar-refractivity contribution in [2.45, 2.75) is 20.0 Å². The number of methoxy groups -OCH3 is 1. The van der Waals surface area contributed by atoms with Gasteiger partial charge in [0.1, 0.15) is 11.0 Å². The Kier molecular flexibility index (Phi) is 5.13. The maximum atomic E-state index is 12.1. The number of hydrogen-bond acceptors (Lipinski definition) is 6. The molecule has 0 aliphatic rings. The van der Waals surface area contributed by atoms with E-state index >= 15 is 0 Å². The Hall–Kier alpha value is -1.67. The molecule has 0 unspecified atom stereocenters. The minimum absolute atomic E-state index is 0.210. The average Bonchev–Trinajstić information content (AvgIpc) is 2.88. The van der Waals surface area contributed by atoms with Gasteiger partial charge in [-0.2, -0.15) is 5.10 Å². The van der Waals surface area contributed by atoms with E-state index in [4.69, 9.17) is 0 Å². The number of rotatable bonds is 5. The monoisotopic (exact) mass is 371 g/mol. The largest absolute Gasteiger partial charge is 0.468 e. The van der Waals surface area contributed by atoms with Crippen LogP contribution in [-0.2, 0) is 22.6 Å². The number of carbonyl (C=O) groups excluding carboxylic acids is 1. The van der Waals surface area contributed by atoms with E-state index in [9.17, 15) is 9.59 Å². The van der Waals surface area contributed by atoms with E-state index in [1.54, 1.807) is 11.3 Å². The molecule has 2 heterocycles. The third-order valence-electron chi connectivity index (χ3n) is 2.74. The van der Waals surface area contributed by atoms with Gasteiger partial charge in [-0.05, 0) is 35.0 Å². The molecule has 0 amide bonds. The van der Waals surface area contributed by atoms with Crippen molar-refractivity contribution in [3.05, 3.63) is 42.9 Å². The lowest BCUT2D eigenvalue weighted by Crippen LogP contribution is -2.28. The van der Waals surface area contributed by atoms with Crippen molar-refractivity contribution in [1.82, 2.24) is 9.78 Å². The van der Waals surface area contributed by atoms with E-state index in [0.29, 0.717) is 16.7 Å². The minimum atomic E-state index is -0.522. The van der Waals surface area contributed by atoms with Crippen LogP contribution in [0.2, 0.25) is 0 Å². The van der Waals surface area contributed by atoms with Gasteiger partial charge in [0.2, 0.25) is 0 Å². The number of carbonyl (C=O) groups is 1. The van der Waals surface area contributed by atoms with E-state index in [2.05, 4.69) is 31.1 Å². The summed E-state index contributed by atoms with van der Waals surface area (Å²) in [5, 5.41) is 7.11. The summed E-state index contributed by atoms with van der Waals surface area (Å²) in [6.45, 7) is 2.44. The fraction of sp³-hybridized carbons (Fsp3) is 0.308. The zero-order valence-corrected chi connectivity index (χ0v) is 14.0. The first-order chi connectivity index (χ1) is 10.0. The minimum Gasteiger partial charge on any atom is -0.468 e. The predicted octanol–water partition coefficient (Wildman–Crippen LogP) is 2.16. The standard InChI is InChI=1S/C13H14BrN3O3S/c1-8-3-4-9(21-8)5-15-10-6-16-17(7-11(18)20-2)13(19)12(10)14/h3-4,6,15H,5,7H2,1-2H3. The molecule has 0 fully saturated rings. The number of aryl methyl sites for hydroxylation is 1. The Morgan fingerprint density at radius 1 is 1.52 bits per heavy atom. The van der Waals surface area contributed by atoms with Gasteiger partial charge < -0.3 is 10.1 Å². The van der Waals surface area contributed by atoms with E-state index in [-0.39, 0.29) is 12.1 Å². The van der Waals surface area contributed by atoms with Gasteiger partial charge in [-0.15, -0.1) is 11.3 Å². The first-order valence-corrected chi connectivity index (χ1v) is 7.74. The third kappa shape index (κ3) is 3.92. The molecule has 0 spiro atoms. The summed E-state index contributed by atoms with van der Waals surface area (Å²) in [6.07, 6.45) is 1.51. The van der Waals surface area contributed by atoms with Crippen LogP contribution in [0, 0.1) is 6.92 Å². The Balaban J connectivity index is 2.13. The number of ether oxygens (including phenoxy) is 1. The maximum Gasteiger partial charge on any atom is 0.327 e. The highest BCUT2D eigenvalue weighted by Crippen LogP contribution is 2.20. The molecule has 2 aromatic rings. The van der Waals surface area contributed by atoms with Gasteiger partial charge in [-0.25, -0.2) is 4.68 Å². The lowest BCUT2D eigenvalue weighted by Gasteiger charge is -2.09. The molecule has 1 N–H and O–H groups in total. The fourth-order valence-corrected chi connectivity index (χ4v) is 2.93. The molecule has 0 aliphatic heterocycles. The van der Waals surface area contributed by atoms with Crippen LogP contribution in [-0.4, -0.2) is 22.9 Å². The number of anilines is 1. The van der Waals surface area contributed by atoms with Crippen LogP contribution < -0.4 is 10.9 Å². The van der Waals surface area contributed by atoms with Crippen molar-refractivity contribution in [1.29, 1.82) is 0 Å². The number of aromatic nitrogens is 2. The van der Waals surface area contributed by atoms with Gasteiger partial charge in [-0.3, -0.25) is 9.59 Å². The summed E-state index contributed by atoms with van der Waals surface area (Å²) in [5.41, 5.74) is 0.208. The summed E-state index contributed by atoms with van der Waals surface area (Å²) in [4.78, 5) is 25.7. The van der Waals surface area contributed by atoms with Gasteiger partial charge in [0, 0.05) is 16.3 Å². The number of nitrogens with one attached hydrogen (secondary N) is 1. The highest BCUT2D eigenvalue weighted by molar-refractivity contribution is 9.10. The zero-order chi connectivity index (χ0) is 15.4. The van der Waals surface area contributed by atoms with E-state index < -0.39 is 5.97 Å². The Morgan fingerprint density at radius 3 is 2.90 bits per heavy atom. The summed E-state index contributed by atoms with van der Waals surface area (Å²) in [5.74, 6) is -0.522. The first kappa shape index (κ1) is 15.7. The quantitative estimate of drug-likeness (QED) is 0.815. The van der Waals surface area contributed by atoms with Crippen LogP contribution in [0.15, 0.2) is 27.6 Å². The molecule has 112 valence electrons. The van der Waals surface area contributed by atoms with E-state index in [1.807, 2.05) is 19.1 Å². The third-order valence-corrected chi connectivity index (χ3v) is 4.51. The summed E-state index contributed by atoms with van der Waals surface area (Å²) in [6, 6.07) is 4.08. The molecule has 2 rings (SSSR count). The van der Waals surface area contributed by atoms with Gasteiger partial charge in [0.05, 0.1) is 19.0 Å². The van der Waals surface area contributed by atoms with Crippen LogP contribution >= 0.6 is 27.3 Å². The second-order valence-electron chi connectivity index (χ2n) is 4.28. The van der Waals surface area contributed by atoms with Crippen LogP contribution in [0.5, 0.6) is 0 Å². The number of nitrogens with zero attached hydrogens (tertiary/aromatic N) is 2. The first-order valence-electron chi connectivity index (χ1n) is 6.13. The summed E-state index contributed by atoms with van der Waals surface area (Å²) >= 11 is 4.93. The van der Waals surface area contributed by atoms with Gasteiger partial charge >= 0.3 is 5.97 Å². The van der Waals surface area contributed by atoms with Crippen LogP contribution in [0.3, 0.4) is 0 Å². The number of thiophene rings is 1. The smallest absolute Gasteiger partial charge is 0.327 e. The van der Waals surface area contributed by atoms with Gasteiger partial charge in [-0.1, -0.05) is 0 Å². The van der Waals surface area contributed by atoms with Crippen molar-refractivity contribution < 1.29 is 9.53 Å². The van der Waals surface area contributed by atoms with Crippen molar-refractivity contribution in [2.24, 2.45) is 0 Å². The van der Waals surface area contributed by atoms with Crippen molar-refractivity contribution in [2.75, 3.05) is 12.4 Å². The van der Waals surface area contributed by atoms with E-state index in [1.165, 1.54) is 18.2 Å². The summed E-state index contributed by atoms with van der Waals surface area (Å²) < 4.78 is 5.91. The second-order valence-corrected chi connectivity index (χ2v) is 6.44. The highest BCUT2D eigenvalue weighted by Gasteiger charge is 2.11. The van der Waals surface area contributed by atoms with Crippen LogP contribution in [0.4, 0.5) is 5.69 Å². The molecule has 0 saturated carbocycles. The zero-order valence-electron chi connectivity index (χ0n) is 11.6. The molecule has 0 bridgehead atoms. The molecule has 0 aromatic carbocycles. The molecule has 0 atom stereocenters. The van der Waals surface area contributed by atoms with Crippen molar-refractivity contribution in [3.63, 3.8) is 0 Å².